The predicted octanol–water partition coefficient (Wildman–Crippen LogP) is 2.77. The lowest BCUT2D eigenvalue weighted by Crippen LogP contribution is -2.47. The van der Waals surface area contributed by atoms with Crippen LogP contribution >= 0.6 is 15.9 Å². The highest BCUT2D eigenvalue weighted by Gasteiger charge is 2.28. The van der Waals surface area contributed by atoms with Gasteiger partial charge in [-0.15, -0.1) is 0 Å². The minimum atomic E-state index is -3.14. The number of piperidine rings is 1. The molecular formula is C16H23BrN2O3S. The van der Waals surface area contributed by atoms with Crippen LogP contribution in [-0.4, -0.2) is 43.5 Å². The van der Waals surface area contributed by atoms with E-state index in [4.69, 9.17) is 0 Å². The first-order chi connectivity index (χ1) is 10.9. The zero-order valence-corrected chi connectivity index (χ0v) is 15.7. The van der Waals surface area contributed by atoms with E-state index in [-0.39, 0.29) is 17.7 Å². The van der Waals surface area contributed by atoms with Crippen LogP contribution in [0.1, 0.15) is 43.0 Å². The van der Waals surface area contributed by atoms with Crippen LogP contribution in [0.4, 0.5) is 0 Å². The van der Waals surface area contributed by atoms with E-state index >= 15 is 0 Å². The zero-order chi connectivity index (χ0) is 16.9. The summed E-state index contributed by atoms with van der Waals surface area (Å²) in [5.74, 6) is 0.115. The highest BCUT2D eigenvalue weighted by Crippen LogP contribution is 2.16. The minimum Gasteiger partial charge on any atom is -0.349 e. The van der Waals surface area contributed by atoms with Crippen molar-refractivity contribution in [2.24, 2.45) is 0 Å². The molecule has 0 bridgehead atoms. The maximum atomic E-state index is 12.2. The SMILES string of the molecule is CCCCS(=O)(=O)N1CCC(NC(=O)c2ccc(Br)cc2)CC1. The number of hydrogen-bond donors (Lipinski definition) is 1. The Balaban J connectivity index is 1.85. The Bertz CT molecular complexity index is 623. The Morgan fingerprint density at radius 2 is 1.87 bits per heavy atom. The Labute approximate surface area is 146 Å². The van der Waals surface area contributed by atoms with Crippen LogP contribution in [0, 0.1) is 0 Å². The number of nitrogens with zero attached hydrogens (tertiary/aromatic N) is 1. The number of sulfonamides is 1. The van der Waals surface area contributed by atoms with Crippen LogP contribution in [0.5, 0.6) is 0 Å². The molecule has 0 spiro atoms. The Kier molecular flexibility index (Phi) is 6.61. The van der Waals surface area contributed by atoms with E-state index < -0.39 is 10.0 Å². The van der Waals surface area contributed by atoms with Crippen molar-refractivity contribution in [2.45, 2.75) is 38.6 Å². The monoisotopic (exact) mass is 402 g/mol. The summed E-state index contributed by atoms with van der Waals surface area (Å²) in [6, 6.07) is 7.23. The fourth-order valence-electron chi connectivity index (χ4n) is 2.60. The summed E-state index contributed by atoms with van der Waals surface area (Å²) in [4.78, 5) is 12.2. The number of benzene rings is 1. The summed E-state index contributed by atoms with van der Waals surface area (Å²) in [6.07, 6.45) is 2.89. The first-order valence-corrected chi connectivity index (χ1v) is 10.4. The number of carbonyl (C=O) groups excluding carboxylic acids is 1. The second kappa shape index (κ2) is 8.26. The number of unbranched alkanes of at least 4 members (excludes halogenated alkanes) is 1. The molecule has 23 heavy (non-hydrogen) atoms. The number of hydrogen-bond acceptors (Lipinski definition) is 3. The smallest absolute Gasteiger partial charge is 0.251 e. The van der Waals surface area contributed by atoms with E-state index in [0.29, 0.717) is 37.9 Å². The average molecular weight is 403 g/mol. The zero-order valence-electron chi connectivity index (χ0n) is 13.3. The fourth-order valence-corrected chi connectivity index (χ4v) is 4.55. The van der Waals surface area contributed by atoms with Crippen molar-refractivity contribution < 1.29 is 13.2 Å². The lowest BCUT2D eigenvalue weighted by atomic mass is 10.1. The van der Waals surface area contributed by atoms with Gasteiger partial charge in [0.05, 0.1) is 5.75 Å². The second-order valence-corrected chi connectivity index (χ2v) is 8.83. The molecule has 1 aromatic carbocycles. The van der Waals surface area contributed by atoms with E-state index in [0.717, 1.165) is 10.9 Å². The van der Waals surface area contributed by atoms with Gasteiger partial charge in [0, 0.05) is 29.2 Å². The minimum absolute atomic E-state index is 0.0313. The summed E-state index contributed by atoms with van der Waals surface area (Å²) in [6.45, 7) is 2.95. The average Bonchev–Trinajstić information content (AvgIpc) is 2.54. The highest BCUT2D eigenvalue weighted by atomic mass is 79.9. The van der Waals surface area contributed by atoms with Crippen LogP contribution in [0.15, 0.2) is 28.7 Å². The summed E-state index contributed by atoms with van der Waals surface area (Å²) in [7, 11) is -3.14. The van der Waals surface area contributed by atoms with Gasteiger partial charge < -0.3 is 5.32 Å². The number of amides is 1. The van der Waals surface area contributed by atoms with Gasteiger partial charge in [-0.1, -0.05) is 29.3 Å². The molecular weight excluding hydrogens is 380 g/mol. The molecule has 1 amide bonds. The molecule has 0 aliphatic carbocycles. The molecule has 5 nitrogen and oxygen atoms in total. The van der Waals surface area contributed by atoms with Crippen molar-refractivity contribution in [1.29, 1.82) is 0 Å². The summed E-state index contributed by atoms with van der Waals surface area (Å²) in [5.41, 5.74) is 0.617. The van der Waals surface area contributed by atoms with Gasteiger partial charge >= 0.3 is 0 Å². The van der Waals surface area contributed by atoms with Gasteiger partial charge in [-0.3, -0.25) is 4.79 Å². The van der Waals surface area contributed by atoms with Crippen LogP contribution in [0.2, 0.25) is 0 Å². The molecule has 0 atom stereocenters. The van der Waals surface area contributed by atoms with Crippen molar-refractivity contribution in [3.05, 3.63) is 34.3 Å². The maximum Gasteiger partial charge on any atom is 0.251 e. The molecule has 0 radical (unpaired) electrons. The normalized spacial score (nSPS) is 17.1. The first-order valence-electron chi connectivity index (χ1n) is 7.96. The molecule has 1 aromatic rings. The fraction of sp³-hybridized carbons (Fsp3) is 0.562. The lowest BCUT2D eigenvalue weighted by Gasteiger charge is -2.31. The lowest BCUT2D eigenvalue weighted by molar-refractivity contribution is 0.0924. The third-order valence-electron chi connectivity index (χ3n) is 4.04. The van der Waals surface area contributed by atoms with E-state index in [2.05, 4.69) is 21.2 Å². The molecule has 1 N–H and O–H groups in total. The van der Waals surface area contributed by atoms with Crippen molar-refractivity contribution in [1.82, 2.24) is 9.62 Å². The quantitative estimate of drug-likeness (QED) is 0.795. The second-order valence-electron chi connectivity index (χ2n) is 5.82. The molecule has 7 heteroatoms. The van der Waals surface area contributed by atoms with E-state index in [1.165, 1.54) is 0 Å². The van der Waals surface area contributed by atoms with Crippen LogP contribution < -0.4 is 5.32 Å². The Hall–Kier alpha value is -0.920. The third kappa shape index (κ3) is 5.29. The first kappa shape index (κ1) is 18.4. The molecule has 0 saturated carbocycles. The maximum absolute atomic E-state index is 12.2. The van der Waals surface area contributed by atoms with Gasteiger partial charge in [-0.2, -0.15) is 0 Å². The molecule has 1 fully saturated rings. The molecule has 1 aliphatic heterocycles. The van der Waals surface area contributed by atoms with Gasteiger partial charge in [-0.25, -0.2) is 12.7 Å². The van der Waals surface area contributed by atoms with Gasteiger partial charge in [0.2, 0.25) is 10.0 Å². The van der Waals surface area contributed by atoms with Crippen molar-refractivity contribution in [3.63, 3.8) is 0 Å². The number of rotatable bonds is 6. The van der Waals surface area contributed by atoms with Crippen molar-refractivity contribution in [3.8, 4) is 0 Å². The molecule has 1 saturated heterocycles. The summed E-state index contributed by atoms with van der Waals surface area (Å²) < 4.78 is 26.8. The summed E-state index contributed by atoms with van der Waals surface area (Å²) in [5, 5.41) is 2.99. The number of halogens is 1. The van der Waals surface area contributed by atoms with E-state index in [9.17, 15) is 13.2 Å². The van der Waals surface area contributed by atoms with Gasteiger partial charge in [-0.05, 0) is 43.5 Å². The molecule has 0 unspecified atom stereocenters. The van der Waals surface area contributed by atoms with Gasteiger partial charge in [0.1, 0.15) is 0 Å². The predicted molar refractivity (Wildman–Crippen MR) is 94.9 cm³/mol. The number of nitrogens with one attached hydrogen (secondary N) is 1. The van der Waals surface area contributed by atoms with E-state index in [1.54, 1.807) is 16.4 Å². The highest BCUT2D eigenvalue weighted by molar-refractivity contribution is 9.10. The van der Waals surface area contributed by atoms with Gasteiger partial charge in [0.25, 0.3) is 5.91 Å². The molecule has 2 rings (SSSR count). The van der Waals surface area contributed by atoms with E-state index in [1.807, 2.05) is 19.1 Å². The largest absolute Gasteiger partial charge is 0.349 e. The van der Waals surface area contributed by atoms with Crippen LogP contribution in [-0.2, 0) is 10.0 Å². The molecule has 128 valence electrons. The molecule has 0 aromatic heterocycles. The standard InChI is InChI=1S/C16H23BrN2O3S/c1-2-3-12-23(21,22)19-10-8-15(9-11-19)18-16(20)13-4-6-14(17)7-5-13/h4-7,15H,2-3,8-12H2,1H3,(H,18,20). The van der Waals surface area contributed by atoms with Gasteiger partial charge in [0.15, 0.2) is 0 Å². The Morgan fingerprint density at radius 1 is 1.26 bits per heavy atom. The third-order valence-corrected chi connectivity index (χ3v) is 6.53. The Morgan fingerprint density at radius 3 is 2.43 bits per heavy atom. The summed E-state index contributed by atoms with van der Waals surface area (Å²) >= 11 is 3.34. The van der Waals surface area contributed by atoms with Crippen LogP contribution in [0.25, 0.3) is 0 Å². The number of carbonyl (C=O) groups is 1. The van der Waals surface area contributed by atoms with Crippen molar-refractivity contribution >= 4 is 31.9 Å². The van der Waals surface area contributed by atoms with Crippen LogP contribution in [0.3, 0.4) is 0 Å². The van der Waals surface area contributed by atoms with Crippen molar-refractivity contribution in [2.75, 3.05) is 18.8 Å². The molecule has 1 aliphatic rings. The molecule has 1 heterocycles. The topological polar surface area (TPSA) is 66.5 Å².